The first kappa shape index (κ1) is 13.3. The van der Waals surface area contributed by atoms with Gasteiger partial charge in [-0.2, -0.15) is 0 Å². The third-order valence-corrected chi connectivity index (χ3v) is 2.49. The van der Waals surface area contributed by atoms with Gasteiger partial charge >= 0.3 is 0 Å². The number of nitrogens with zero attached hydrogens (tertiary/aromatic N) is 5. The Labute approximate surface area is 120 Å². The van der Waals surface area contributed by atoms with Crippen LogP contribution in [0.15, 0.2) is 55.0 Å². The predicted molar refractivity (Wildman–Crippen MR) is 66.3 cm³/mol. The molecular weight excluding hydrogens is 282 g/mol. The Hall–Kier alpha value is -2.17. The zero-order valence-electron chi connectivity index (χ0n) is 9.79. The first-order chi connectivity index (χ1) is 8.95. The van der Waals surface area contributed by atoms with Crippen LogP contribution in [0.2, 0.25) is 0 Å². The average molecular weight is 291 g/mol. The molecule has 0 unspecified atom stereocenters. The molecule has 0 fully saturated rings. The van der Waals surface area contributed by atoms with Crippen molar-refractivity contribution in [3.05, 3.63) is 55.0 Å². The molecule has 0 aromatic carbocycles. The Morgan fingerprint density at radius 1 is 0.789 bits per heavy atom. The van der Waals surface area contributed by atoms with Crippen LogP contribution in [0, 0.1) is 0 Å². The van der Waals surface area contributed by atoms with Crippen molar-refractivity contribution in [1.29, 1.82) is 0 Å². The van der Waals surface area contributed by atoms with Gasteiger partial charge < -0.3 is 0 Å². The van der Waals surface area contributed by atoms with Gasteiger partial charge in [0.05, 0.1) is 23.1 Å². The van der Waals surface area contributed by atoms with Crippen molar-refractivity contribution in [3.63, 3.8) is 0 Å². The third-order valence-electron chi connectivity index (χ3n) is 2.49. The van der Waals surface area contributed by atoms with E-state index in [0.717, 1.165) is 17.0 Å². The Morgan fingerprint density at radius 2 is 1.47 bits per heavy atom. The van der Waals surface area contributed by atoms with E-state index in [1.807, 2.05) is 36.4 Å². The van der Waals surface area contributed by atoms with Gasteiger partial charge in [-0.15, -0.1) is 10.2 Å². The summed E-state index contributed by atoms with van der Waals surface area (Å²) in [4.78, 5) is 8.58. The number of rotatable bonds is 2. The molecule has 0 atom stereocenters. The summed E-state index contributed by atoms with van der Waals surface area (Å²) in [6.07, 6.45) is 5.11. The molecule has 5 nitrogen and oxygen atoms in total. The minimum absolute atomic E-state index is 0. The van der Waals surface area contributed by atoms with Gasteiger partial charge in [-0.05, 0) is 29.5 Å². The van der Waals surface area contributed by atoms with Crippen molar-refractivity contribution in [2.24, 2.45) is 0 Å². The summed E-state index contributed by atoms with van der Waals surface area (Å²) < 4.78 is 0. The van der Waals surface area contributed by atoms with Crippen LogP contribution in [0.4, 0.5) is 0 Å². The van der Waals surface area contributed by atoms with E-state index in [0.29, 0.717) is 5.69 Å². The van der Waals surface area contributed by atoms with Crippen molar-refractivity contribution in [2.75, 3.05) is 0 Å². The van der Waals surface area contributed by atoms with Crippen LogP contribution in [0.1, 0.15) is 0 Å². The molecule has 0 saturated carbocycles. The van der Waals surface area contributed by atoms with Gasteiger partial charge in [0.1, 0.15) is 5.69 Å². The van der Waals surface area contributed by atoms with Crippen LogP contribution in [-0.2, 0) is 17.1 Å². The Bertz CT molecular complexity index is 587. The topological polar surface area (TPSA) is 64.5 Å². The summed E-state index contributed by atoms with van der Waals surface area (Å²) in [5, 5.41) is 11.6. The SMILES string of the molecule is [Fe].c1ccc(-c2cnnnc2-c2ccccn2)nc1. The smallest absolute Gasteiger partial charge is 0.124 e. The standard InChI is InChI=1S/C13H9N5.Fe/c1-3-7-14-11(5-1)10-9-16-18-17-13(10)12-6-2-4-8-15-12;/h1-9H;. The Morgan fingerprint density at radius 3 is 2.11 bits per heavy atom. The first-order valence-corrected chi connectivity index (χ1v) is 5.46. The van der Waals surface area contributed by atoms with Crippen LogP contribution in [-0.4, -0.2) is 25.4 Å². The summed E-state index contributed by atoms with van der Waals surface area (Å²) >= 11 is 0. The quantitative estimate of drug-likeness (QED) is 0.676. The molecule has 3 rings (SSSR count). The van der Waals surface area contributed by atoms with Gasteiger partial charge in [0.15, 0.2) is 0 Å². The summed E-state index contributed by atoms with van der Waals surface area (Å²) in [6.45, 7) is 0. The van der Waals surface area contributed by atoms with Gasteiger partial charge in [-0.25, -0.2) is 0 Å². The fourth-order valence-corrected chi connectivity index (χ4v) is 1.67. The summed E-state index contributed by atoms with van der Waals surface area (Å²) in [5.74, 6) is 0. The molecule has 0 aliphatic carbocycles. The van der Waals surface area contributed by atoms with Gasteiger partial charge in [-0.3, -0.25) is 9.97 Å². The van der Waals surface area contributed by atoms with Crippen LogP contribution in [0.5, 0.6) is 0 Å². The molecule has 0 radical (unpaired) electrons. The fraction of sp³-hybridized carbons (Fsp3) is 0. The van der Waals surface area contributed by atoms with Crippen molar-refractivity contribution in [2.45, 2.75) is 0 Å². The van der Waals surface area contributed by atoms with E-state index in [1.165, 1.54) is 0 Å². The van der Waals surface area contributed by atoms with Crippen molar-refractivity contribution in [3.8, 4) is 22.6 Å². The summed E-state index contributed by atoms with van der Waals surface area (Å²) in [5.41, 5.74) is 3.07. The Kier molecular flexibility index (Phi) is 4.28. The van der Waals surface area contributed by atoms with Crippen LogP contribution >= 0.6 is 0 Å². The van der Waals surface area contributed by atoms with Crippen LogP contribution < -0.4 is 0 Å². The molecule has 6 heteroatoms. The molecule has 3 aromatic rings. The monoisotopic (exact) mass is 291 g/mol. The maximum Gasteiger partial charge on any atom is 0.124 e. The van der Waals surface area contributed by atoms with Gasteiger partial charge in [-0.1, -0.05) is 12.1 Å². The zero-order valence-corrected chi connectivity index (χ0v) is 10.9. The van der Waals surface area contributed by atoms with E-state index in [1.54, 1.807) is 18.6 Å². The Balaban J connectivity index is 0.00000133. The molecule has 3 aromatic heterocycles. The van der Waals surface area contributed by atoms with E-state index in [4.69, 9.17) is 0 Å². The molecule has 0 aliphatic rings. The predicted octanol–water partition coefficient (Wildman–Crippen LogP) is 1.99. The normalized spacial score (nSPS) is 9.68. The molecule has 0 bridgehead atoms. The second kappa shape index (κ2) is 6.13. The van der Waals surface area contributed by atoms with Crippen LogP contribution in [0.25, 0.3) is 22.6 Å². The van der Waals surface area contributed by atoms with Gasteiger partial charge in [0.25, 0.3) is 0 Å². The number of pyridine rings is 2. The van der Waals surface area contributed by atoms with E-state index < -0.39 is 0 Å². The average Bonchev–Trinajstić information content (AvgIpc) is 2.49. The summed E-state index contributed by atoms with van der Waals surface area (Å²) in [7, 11) is 0. The molecule has 0 N–H and O–H groups in total. The zero-order chi connectivity index (χ0) is 12.2. The van der Waals surface area contributed by atoms with Crippen molar-refractivity contribution in [1.82, 2.24) is 25.4 Å². The van der Waals surface area contributed by atoms with Gasteiger partial charge in [0, 0.05) is 29.5 Å². The van der Waals surface area contributed by atoms with Gasteiger partial charge in [0.2, 0.25) is 0 Å². The minimum atomic E-state index is 0. The van der Waals surface area contributed by atoms with E-state index in [-0.39, 0.29) is 17.1 Å². The molecular formula is C13H9FeN5. The van der Waals surface area contributed by atoms with Crippen LogP contribution in [0.3, 0.4) is 0 Å². The maximum atomic E-state index is 4.30. The van der Waals surface area contributed by atoms with E-state index >= 15 is 0 Å². The third kappa shape index (κ3) is 2.81. The molecule has 0 spiro atoms. The molecule has 0 saturated heterocycles. The second-order valence-electron chi connectivity index (χ2n) is 3.63. The minimum Gasteiger partial charge on any atom is -0.256 e. The summed E-state index contributed by atoms with van der Waals surface area (Å²) in [6, 6.07) is 11.4. The number of hydrogen-bond donors (Lipinski definition) is 0. The fourth-order valence-electron chi connectivity index (χ4n) is 1.67. The van der Waals surface area contributed by atoms with Crippen molar-refractivity contribution >= 4 is 0 Å². The second-order valence-corrected chi connectivity index (χ2v) is 3.63. The van der Waals surface area contributed by atoms with E-state index in [9.17, 15) is 0 Å². The maximum absolute atomic E-state index is 4.30. The van der Waals surface area contributed by atoms with E-state index in [2.05, 4.69) is 25.4 Å². The number of hydrogen-bond acceptors (Lipinski definition) is 5. The van der Waals surface area contributed by atoms with Crippen molar-refractivity contribution < 1.29 is 17.1 Å². The molecule has 0 aliphatic heterocycles. The largest absolute Gasteiger partial charge is 0.256 e. The molecule has 94 valence electrons. The first-order valence-electron chi connectivity index (χ1n) is 5.46. The molecule has 0 amide bonds. The molecule has 19 heavy (non-hydrogen) atoms. The number of aromatic nitrogens is 5. The molecule has 3 heterocycles.